The fourth-order valence-corrected chi connectivity index (χ4v) is 2.97. The maximum absolute atomic E-state index is 5.89. The van der Waals surface area contributed by atoms with Gasteiger partial charge in [0.15, 0.2) is 5.82 Å². The second-order valence-corrected chi connectivity index (χ2v) is 5.72. The Labute approximate surface area is 108 Å². The summed E-state index contributed by atoms with van der Waals surface area (Å²) in [5.41, 5.74) is 6.56. The van der Waals surface area contributed by atoms with Gasteiger partial charge in [-0.25, -0.2) is 4.98 Å². The average Bonchev–Trinajstić information content (AvgIpc) is 2.22. The lowest BCUT2D eigenvalue weighted by Crippen LogP contribution is -2.30. The smallest absolute Gasteiger partial charge is 0.151 e. The predicted octanol–water partition coefficient (Wildman–Crippen LogP) is 3.55. The van der Waals surface area contributed by atoms with E-state index in [-0.39, 0.29) is 0 Å². The van der Waals surface area contributed by atoms with Crippen molar-refractivity contribution in [1.82, 2.24) is 4.98 Å². The highest BCUT2D eigenvalue weighted by molar-refractivity contribution is 6.29. The van der Waals surface area contributed by atoms with Gasteiger partial charge in [-0.15, -0.1) is 0 Å². The molecule has 0 radical (unpaired) electrons. The van der Waals surface area contributed by atoms with Crippen LogP contribution in [-0.4, -0.2) is 11.0 Å². The molecule has 1 aliphatic carbocycles. The predicted molar refractivity (Wildman–Crippen MR) is 73.2 cm³/mol. The van der Waals surface area contributed by atoms with Gasteiger partial charge < -0.3 is 11.1 Å². The van der Waals surface area contributed by atoms with Crippen LogP contribution >= 0.6 is 11.6 Å². The number of pyridine rings is 1. The van der Waals surface area contributed by atoms with E-state index in [1.807, 2.05) is 0 Å². The number of hydrogen-bond donors (Lipinski definition) is 2. The second kappa shape index (κ2) is 5.13. The van der Waals surface area contributed by atoms with Crippen molar-refractivity contribution in [2.24, 2.45) is 11.8 Å². The van der Waals surface area contributed by atoms with Gasteiger partial charge >= 0.3 is 0 Å². The van der Waals surface area contributed by atoms with Gasteiger partial charge in [0, 0.05) is 6.04 Å². The summed E-state index contributed by atoms with van der Waals surface area (Å²) in [7, 11) is 0. The molecule has 17 heavy (non-hydrogen) atoms. The number of rotatable bonds is 2. The van der Waals surface area contributed by atoms with E-state index in [1.54, 1.807) is 12.1 Å². The molecule has 1 saturated carbocycles. The summed E-state index contributed by atoms with van der Waals surface area (Å²) in [6, 6.07) is 3.98. The fraction of sp³-hybridized carbons (Fsp3) is 0.615. The quantitative estimate of drug-likeness (QED) is 0.793. The molecule has 3 nitrogen and oxygen atoms in total. The van der Waals surface area contributed by atoms with Gasteiger partial charge in [0.25, 0.3) is 0 Å². The number of anilines is 2. The van der Waals surface area contributed by atoms with Crippen LogP contribution in [0.1, 0.15) is 33.1 Å². The van der Waals surface area contributed by atoms with E-state index in [2.05, 4.69) is 24.1 Å². The fourth-order valence-electron chi connectivity index (χ4n) is 2.82. The molecule has 94 valence electrons. The Morgan fingerprint density at radius 3 is 2.53 bits per heavy atom. The molecule has 0 amide bonds. The molecular weight excluding hydrogens is 234 g/mol. The van der Waals surface area contributed by atoms with Crippen molar-refractivity contribution in [3.05, 3.63) is 17.3 Å². The molecule has 0 aliphatic heterocycles. The van der Waals surface area contributed by atoms with Gasteiger partial charge in [-0.3, -0.25) is 0 Å². The number of nitrogens with zero attached hydrogens (tertiary/aromatic N) is 1. The minimum atomic E-state index is 0.460. The number of halogens is 1. The van der Waals surface area contributed by atoms with E-state index < -0.39 is 0 Å². The van der Waals surface area contributed by atoms with Crippen molar-refractivity contribution in [2.45, 2.75) is 39.2 Å². The number of nitrogens with one attached hydrogen (secondary N) is 1. The lowest BCUT2D eigenvalue weighted by molar-refractivity contribution is 0.280. The molecule has 4 heteroatoms. The molecule has 2 unspecified atom stereocenters. The molecule has 1 aromatic heterocycles. The second-order valence-electron chi connectivity index (χ2n) is 5.33. The van der Waals surface area contributed by atoms with Crippen LogP contribution in [0.4, 0.5) is 11.5 Å². The first-order valence-electron chi connectivity index (χ1n) is 6.23. The normalized spacial score (nSPS) is 29.0. The third-order valence-corrected chi connectivity index (χ3v) is 3.62. The Kier molecular flexibility index (Phi) is 3.77. The Bertz CT molecular complexity index is 384. The van der Waals surface area contributed by atoms with Crippen LogP contribution in [0.15, 0.2) is 12.1 Å². The summed E-state index contributed by atoms with van der Waals surface area (Å²) in [6.45, 7) is 4.61. The Balaban J connectivity index is 2.07. The molecule has 0 saturated heterocycles. The molecule has 0 spiro atoms. The van der Waals surface area contributed by atoms with Crippen LogP contribution < -0.4 is 11.1 Å². The van der Waals surface area contributed by atoms with Crippen LogP contribution in [0.3, 0.4) is 0 Å². The van der Waals surface area contributed by atoms with Crippen molar-refractivity contribution in [3.63, 3.8) is 0 Å². The zero-order valence-electron chi connectivity index (χ0n) is 10.4. The molecule has 2 rings (SSSR count). The SMILES string of the molecule is CC1CC(C)CC(Nc2nc(Cl)ccc2N)C1. The van der Waals surface area contributed by atoms with Crippen LogP contribution in [0.25, 0.3) is 0 Å². The lowest BCUT2D eigenvalue weighted by atomic mass is 9.80. The van der Waals surface area contributed by atoms with E-state index in [4.69, 9.17) is 17.3 Å². The maximum Gasteiger partial charge on any atom is 0.151 e. The zero-order chi connectivity index (χ0) is 12.4. The number of aromatic nitrogens is 1. The molecule has 1 aromatic rings. The van der Waals surface area contributed by atoms with E-state index >= 15 is 0 Å². The zero-order valence-corrected chi connectivity index (χ0v) is 11.2. The van der Waals surface area contributed by atoms with Crippen molar-refractivity contribution in [3.8, 4) is 0 Å². The standard InChI is InChI=1S/C13H20ClN3/c1-8-5-9(2)7-10(6-8)16-13-11(15)3-4-12(14)17-13/h3-4,8-10H,5-7,15H2,1-2H3,(H,16,17). The first-order valence-corrected chi connectivity index (χ1v) is 6.61. The van der Waals surface area contributed by atoms with E-state index in [0.717, 1.165) is 17.7 Å². The van der Waals surface area contributed by atoms with E-state index in [9.17, 15) is 0 Å². The average molecular weight is 254 g/mol. The van der Waals surface area contributed by atoms with Gasteiger partial charge in [0.05, 0.1) is 5.69 Å². The minimum Gasteiger partial charge on any atom is -0.396 e. The monoisotopic (exact) mass is 253 g/mol. The van der Waals surface area contributed by atoms with Crippen molar-refractivity contribution in [2.75, 3.05) is 11.1 Å². The lowest BCUT2D eigenvalue weighted by Gasteiger charge is -2.32. The summed E-state index contributed by atoms with van der Waals surface area (Å²) in [6.07, 6.45) is 3.67. The molecule has 1 fully saturated rings. The number of hydrogen-bond acceptors (Lipinski definition) is 3. The highest BCUT2D eigenvalue weighted by atomic mass is 35.5. The Morgan fingerprint density at radius 2 is 1.88 bits per heavy atom. The van der Waals surface area contributed by atoms with Crippen molar-refractivity contribution in [1.29, 1.82) is 0 Å². The molecule has 0 aromatic carbocycles. The Hall–Kier alpha value is -0.960. The Morgan fingerprint density at radius 1 is 1.24 bits per heavy atom. The topological polar surface area (TPSA) is 50.9 Å². The van der Waals surface area contributed by atoms with Gasteiger partial charge in [0.2, 0.25) is 0 Å². The molecular formula is C13H20ClN3. The van der Waals surface area contributed by atoms with Gasteiger partial charge in [-0.05, 0) is 43.2 Å². The van der Waals surface area contributed by atoms with Crippen molar-refractivity contribution < 1.29 is 0 Å². The molecule has 1 aliphatic rings. The van der Waals surface area contributed by atoms with E-state index in [1.165, 1.54) is 19.3 Å². The number of nitrogens with two attached hydrogens (primary N) is 1. The van der Waals surface area contributed by atoms with Crippen LogP contribution in [0.5, 0.6) is 0 Å². The van der Waals surface area contributed by atoms with Crippen LogP contribution in [-0.2, 0) is 0 Å². The summed E-state index contributed by atoms with van der Waals surface area (Å²) in [5, 5.41) is 3.92. The maximum atomic E-state index is 5.89. The molecule has 1 heterocycles. The van der Waals surface area contributed by atoms with E-state index in [0.29, 0.717) is 16.9 Å². The third kappa shape index (κ3) is 3.25. The molecule has 0 bridgehead atoms. The summed E-state index contributed by atoms with van der Waals surface area (Å²) in [5.74, 6) is 2.25. The number of nitrogen functional groups attached to an aromatic ring is 1. The van der Waals surface area contributed by atoms with Gasteiger partial charge in [0.1, 0.15) is 5.15 Å². The summed E-state index contributed by atoms with van der Waals surface area (Å²) in [4.78, 5) is 4.25. The highest BCUT2D eigenvalue weighted by Crippen LogP contribution is 2.31. The first-order chi connectivity index (χ1) is 8.04. The molecule has 3 N–H and O–H groups in total. The molecule has 2 atom stereocenters. The van der Waals surface area contributed by atoms with Gasteiger partial charge in [-0.1, -0.05) is 25.4 Å². The minimum absolute atomic E-state index is 0.460. The van der Waals surface area contributed by atoms with Crippen LogP contribution in [0, 0.1) is 11.8 Å². The highest BCUT2D eigenvalue weighted by Gasteiger charge is 2.24. The third-order valence-electron chi connectivity index (χ3n) is 3.41. The van der Waals surface area contributed by atoms with Crippen molar-refractivity contribution >= 4 is 23.1 Å². The van der Waals surface area contributed by atoms with Gasteiger partial charge in [-0.2, -0.15) is 0 Å². The summed E-state index contributed by atoms with van der Waals surface area (Å²) < 4.78 is 0. The summed E-state index contributed by atoms with van der Waals surface area (Å²) >= 11 is 5.89. The van der Waals surface area contributed by atoms with Crippen LogP contribution in [0.2, 0.25) is 5.15 Å². The first kappa shape index (κ1) is 12.5. The largest absolute Gasteiger partial charge is 0.396 e.